The molecule has 0 saturated heterocycles. The Morgan fingerprint density at radius 2 is 0.490 bits per heavy atom. The summed E-state index contributed by atoms with van der Waals surface area (Å²) in [4.78, 5) is 73.2. The fourth-order valence-electron chi connectivity index (χ4n) is 13.2. The van der Waals surface area contributed by atoms with E-state index in [9.17, 15) is 43.2 Å². The number of phosphoric ester groups is 2. The fraction of sp³-hybridized carbons (Fsp3) is 0.953. The molecule has 0 bridgehead atoms. The summed E-state index contributed by atoms with van der Waals surface area (Å²) in [5, 5.41) is 10.7. The number of unbranched alkanes of at least 4 members (excludes halogenated alkanes) is 53. The average Bonchev–Trinajstić information content (AvgIpc) is 0.903. The van der Waals surface area contributed by atoms with Gasteiger partial charge in [0.15, 0.2) is 12.2 Å². The molecule has 0 radical (unpaired) electrons. The molecular weight excluding hydrogens is 1350 g/mol. The zero-order chi connectivity index (χ0) is 76.4. The van der Waals surface area contributed by atoms with Gasteiger partial charge in [0.1, 0.15) is 19.3 Å². The Bertz CT molecular complexity index is 2000. The number of hydrogen-bond donors (Lipinski definition) is 3. The maximum atomic E-state index is 13.1. The van der Waals surface area contributed by atoms with Gasteiger partial charge >= 0.3 is 39.5 Å². The molecule has 0 heterocycles. The third-order valence-corrected chi connectivity index (χ3v) is 22.2. The summed E-state index contributed by atoms with van der Waals surface area (Å²) < 4.78 is 68.9. The molecule has 6 atom stereocenters. The van der Waals surface area contributed by atoms with Crippen LogP contribution in [-0.2, 0) is 65.4 Å². The lowest BCUT2D eigenvalue weighted by Gasteiger charge is -2.21. The first-order chi connectivity index (χ1) is 50.4. The highest BCUT2D eigenvalue weighted by Crippen LogP contribution is 2.45. The molecule has 17 nitrogen and oxygen atoms in total. The molecule has 3 N–H and O–H groups in total. The average molecular weight is 1520 g/mol. The van der Waals surface area contributed by atoms with Gasteiger partial charge in [-0.1, -0.05) is 401 Å². The van der Waals surface area contributed by atoms with E-state index in [0.717, 1.165) is 102 Å². The van der Waals surface area contributed by atoms with Crippen LogP contribution in [0.4, 0.5) is 0 Å². The van der Waals surface area contributed by atoms with Crippen molar-refractivity contribution in [2.75, 3.05) is 39.6 Å². The molecule has 19 heteroatoms. The van der Waals surface area contributed by atoms with Gasteiger partial charge in [-0.05, 0) is 37.5 Å². The Morgan fingerprint density at radius 3 is 0.731 bits per heavy atom. The van der Waals surface area contributed by atoms with Gasteiger partial charge in [0, 0.05) is 25.7 Å². The Balaban J connectivity index is 5.25. The molecule has 0 aromatic heterocycles. The van der Waals surface area contributed by atoms with E-state index in [1.165, 1.54) is 270 Å². The second kappa shape index (κ2) is 76.4. The maximum Gasteiger partial charge on any atom is 0.472 e. The van der Waals surface area contributed by atoms with Crippen molar-refractivity contribution in [1.29, 1.82) is 0 Å². The lowest BCUT2D eigenvalue weighted by atomic mass is 9.99. The van der Waals surface area contributed by atoms with Gasteiger partial charge in [-0.2, -0.15) is 0 Å². The van der Waals surface area contributed by atoms with Gasteiger partial charge in [-0.25, -0.2) is 9.13 Å². The number of carbonyl (C=O) groups is 4. The minimum Gasteiger partial charge on any atom is -0.462 e. The molecule has 3 unspecified atom stereocenters. The van der Waals surface area contributed by atoms with Gasteiger partial charge in [-0.3, -0.25) is 37.3 Å². The molecule has 0 aliphatic heterocycles. The van der Waals surface area contributed by atoms with Crippen LogP contribution in [0.3, 0.4) is 0 Å². The Kier molecular flexibility index (Phi) is 75.0. The predicted molar refractivity (Wildman–Crippen MR) is 428 cm³/mol. The first-order valence-corrected chi connectivity index (χ1v) is 47.0. The Labute approximate surface area is 638 Å². The molecule has 0 spiro atoms. The quantitative estimate of drug-likeness (QED) is 0.0222. The number of rotatable bonds is 84. The van der Waals surface area contributed by atoms with Crippen molar-refractivity contribution in [3.63, 3.8) is 0 Å². The normalized spacial score (nSPS) is 14.1. The van der Waals surface area contributed by atoms with E-state index in [-0.39, 0.29) is 25.7 Å². The Morgan fingerprint density at radius 1 is 0.279 bits per heavy atom. The summed E-state index contributed by atoms with van der Waals surface area (Å²) in [7, 11) is -9.93. The van der Waals surface area contributed by atoms with Gasteiger partial charge < -0.3 is 33.8 Å². The van der Waals surface area contributed by atoms with Crippen LogP contribution < -0.4 is 0 Å². The molecule has 0 aromatic rings. The fourth-order valence-corrected chi connectivity index (χ4v) is 14.8. The van der Waals surface area contributed by atoms with Crippen LogP contribution in [0.2, 0.25) is 0 Å². The van der Waals surface area contributed by atoms with Crippen LogP contribution in [-0.4, -0.2) is 96.7 Å². The number of hydrogen-bond acceptors (Lipinski definition) is 15. The summed E-state index contributed by atoms with van der Waals surface area (Å²) >= 11 is 0. The minimum absolute atomic E-state index is 0.108. The van der Waals surface area contributed by atoms with Crippen molar-refractivity contribution in [2.24, 2.45) is 11.8 Å². The summed E-state index contributed by atoms with van der Waals surface area (Å²) in [5.74, 6) is -0.465. The van der Waals surface area contributed by atoms with Crippen LogP contribution in [0.1, 0.15) is 452 Å². The summed E-state index contributed by atoms with van der Waals surface area (Å²) in [6, 6.07) is 0. The van der Waals surface area contributed by atoms with Crippen molar-refractivity contribution >= 4 is 39.5 Å². The molecule has 0 saturated carbocycles. The van der Waals surface area contributed by atoms with Crippen molar-refractivity contribution in [3.8, 4) is 0 Å². The third kappa shape index (κ3) is 76.8. The Hall–Kier alpha value is -1.94. The SMILES string of the molecule is CCCCCCCCCCCCCCCCCCCCCC(=O)O[C@H](COC(=O)CCCCCCCCCCCCCCCCC(C)CC)COP(=O)(O)OC[C@@H](O)COP(=O)(O)OC[C@@H](COC(=O)CCCCCCCCCCCCC)OC(=O)CCCCCCCCCCCCCCCC(C)C. The molecule has 0 aromatic carbocycles. The van der Waals surface area contributed by atoms with E-state index in [4.69, 9.17) is 37.0 Å². The van der Waals surface area contributed by atoms with E-state index in [1.807, 2.05) is 0 Å². The lowest BCUT2D eigenvalue weighted by molar-refractivity contribution is -0.161. The van der Waals surface area contributed by atoms with E-state index >= 15 is 0 Å². The number of phosphoric acid groups is 2. The zero-order valence-electron chi connectivity index (χ0n) is 68.3. The molecular formula is C85H166O17P2. The molecule has 0 aliphatic carbocycles. The topological polar surface area (TPSA) is 237 Å². The van der Waals surface area contributed by atoms with Gasteiger partial charge in [0.25, 0.3) is 0 Å². The highest BCUT2D eigenvalue weighted by Gasteiger charge is 2.30. The molecule has 0 amide bonds. The molecule has 0 aliphatic rings. The van der Waals surface area contributed by atoms with Crippen LogP contribution in [0.25, 0.3) is 0 Å². The highest BCUT2D eigenvalue weighted by molar-refractivity contribution is 7.47. The molecule has 0 fully saturated rings. The smallest absolute Gasteiger partial charge is 0.462 e. The zero-order valence-corrected chi connectivity index (χ0v) is 70.1. The van der Waals surface area contributed by atoms with Crippen molar-refractivity contribution in [3.05, 3.63) is 0 Å². The van der Waals surface area contributed by atoms with E-state index in [1.54, 1.807) is 0 Å². The summed E-state index contributed by atoms with van der Waals surface area (Å²) in [6.07, 6.45) is 67.8. The summed E-state index contributed by atoms with van der Waals surface area (Å²) in [6.45, 7) is 9.74. The highest BCUT2D eigenvalue weighted by atomic mass is 31.2. The number of carbonyl (C=O) groups excluding carboxylic acids is 4. The van der Waals surface area contributed by atoms with Crippen molar-refractivity contribution < 1.29 is 80.2 Å². The first kappa shape index (κ1) is 102. The first-order valence-electron chi connectivity index (χ1n) is 44.0. The second-order valence-electron chi connectivity index (χ2n) is 31.3. The van der Waals surface area contributed by atoms with Crippen molar-refractivity contribution in [1.82, 2.24) is 0 Å². The summed E-state index contributed by atoms with van der Waals surface area (Å²) in [5.41, 5.74) is 0. The largest absolute Gasteiger partial charge is 0.472 e. The predicted octanol–water partition coefficient (Wildman–Crippen LogP) is 25.8. The van der Waals surface area contributed by atoms with Crippen LogP contribution in [0.15, 0.2) is 0 Å². The minimum atomic E-state index is -4.97. The monoisotopic (exact) mass is 1520 g/mol. The maximum absolute atomic E-state index is 13.1. The number of aliphatic hydroxyl groups excluding tert-OH is 1. The van der Waals surface area contributed by atoms with Gasteiger partial charge in [0.2, 0.25) is 0 Å². The standard InChI is InChI=1S/C85H166O17P2/c1-7-10-12-14-16-18-20-21-22-23-24-25-26-33-39-45-51-57-63-69-84(89)102-81(74-96-83(88)68-62-56-50-44-38-32-28-27-31-37-42-48-54-60-66-78(6)9-3)76-100-104(93,94)98-72-79(86)71-97-103(91,92)99-75-80(73-95-82(87)67-61-55-49-43-35-19-17-15-13-11-8-2)101-85(90)70-64-58-52-46-40-34-29-30-36-41-47-53-59-65-77(4)5/h77-81,86H,7-76H2,1-6H3,(H,91,92)(H,93,94)/t78?,79-,80+,81+/m0/s1. The number of aliphatic hydroxyl groups is 1. The van der Waals surface area contributed by atoms with Gasteiger partial charge in [0.05, 0.1) is 26.4 Å². The molecule has 618 valence electrons. The second-order valence-corrected chi connectivity index (χ2v) is 34.2. The lowest BCUT2D eigenvalue weighted by Crippen LogP contribution is -2.30. The van der Waals surface area contributed by atoms with Gasteiger partial charge in [-0.15, -0.1) is 0 Å². The molecule has 0 rings (SSSR count). The van der Waals surface area contributed by atoms with E-state index in [2.05, 4.69) is 41.5 Å². The van der Waals surface area contributed by atoms with E-state index < -0.39 is 97.5 Å². The number of ether oxygens (including phenoxy) is 4. The van der Waals surface area contributed by atoms with Crippen LogP contribution >= 0.6 is 15.6 Å². The number of esters is 4. The van der Waals surface area contributed by atoms with Crippen LogP contribution in [0.5, 0.6) is 0 Å². The van der Waals surface area contributed by atoms with Crippen LogP contribution in [0, 0.1) is 11.8 Å². The third-order valence-electron chi connectivity index (χ3n) is 20.3. The molecule has 104 heavy (non-hydrogen) atoms. The van der Waals surface area contributed by atoms with Crippen molar-refractivity contribution in [2.45, 2.75) is 471 Å². The van der Waals surface area contributed by atoms with E-state index in [0.29, 0.717) is 25.7 Å².